The van der Waals surface area contributed by atoms with Gasteiger partial charge in [0.2, 0.25) is 5.91 Å². The summed E-state index contributed by atoms with van der Waals surface area (Å²) in [5.74, 6) is 0.0965. The van der Waals surface area contributed by atoms with Gasteiger partial charge in [-0.1, -0.05) is 36.4 Å². The van der Waals surface area contributed by atoms with E-state index in [-0.39, 0.29) is 5.91 Å². The Hall–Kier alpha value is -2.55. The summed E-state index contributed by atoms with van der Waals surface area (Å²) in [6.07, 6.45) is 2.08. The van der Waals surface area contributed by atoms with E-state index >= 15 is 0 Å². The maximum absolute atomic E-state index is 12.6. The summed E-state index contributed by atoms with van der Waals surface area (Å²) in [6, 6.07) is 12.3. The number of carbonyl (C=O) groups excluding carboxylic acids is 1. The lowest BCUT2D eigenvalue weighted by molar-refractivity contribution is -0.129. The molecular formula is C21H23NO2. The van der Waals surface area contributed by atoms with E-state index in [4.69, 9.17) is 4.42 Å². The maximum atomic E-state index is 12.6. The van der Waals surface area contributed by atoms with Crippen molar-refractivity contribution in [3.8, 4) is 0 Å². The second-order valence-electron chi connectivity index (χ2n) is 6.50. The molecule has 3 heteroatoms. The summed E-state index contributed by atoms with van der Waals surface area (Å²) in [5.41, 5.74) is 6.56. The van der Waals surface area contributed by atoms with E-state index in [1.807, 2.05) is 25.2 Å². The maximum Gasteiger partial charge on any atom is 0.227 e. The van der Waals surface area contributed by atoms with Gasteiger partial charge in [-0.05, 0) is 43.0 Å². The fraction of sp³-hybridized carbons (Fsp3) is 0.286. The number of carbonyl (C=O) groups is 1. The van der Waals surface area contributed by atoms with E-state index in [9.17, 15) is 4.79 Å². The Morgan fingerprint density at radius 3 is 2.50 bits per heavy atom. The number of amides is 1. The van der Waals surface area contributed by atoms with Gasteiger partial charge in [0.1, 0.15) is 5.58 Å². The lowest BCUT2D eigenvalue weighted by atomic mass is 10.0. The fourth-order valence-electron chi connectivity index (χ4n) is 2.95. The van der Waals surface area contributed by atoms with Crippen LogP contribution in [0.2, 0.25) is 0 Å². The molecule has 0 aliphatic rings. The van der Waals surface area contributed by atoms with Crippen molar-refractivity contribution in [1.29, 1.82) is 0 Å². The average Bonchev–Trinajstić information content (AvgIpc) is 2.96. The quantitative estimate of drug-likeness (QED) is 0.706. The first kappa shape index (κ1) is 16.3. The molecule has 3 rings (SSSR count). The zero-order chi connectivity index (χ0) is 17.3. The zero-order valence-corrected chi connectivity index (χ0v) is 14.7. The summed E-state index contributed by atoms with van der Waals surface area (Å²) >= 11 is 0. The molecule has 0 aliphatic heterocycles. The highest BCUT2D eigenvalue weighted by Gasteiger charge is 2.16. The molecule has 0 spiro atoms. The van der Waals surface area contributed by atoms with Gasteiger partial charge in [-0.25, -0.2) is 0 Å². The molecule has 0 fully saturated rings. The highest BCUT2D eigenvalue weighted by Crippen LogP contribution is 2.27. The number of aryl methyl sites for hydroxylation is 3. The molecule has 0 atom stereocenters. The Morgan fingerprint density at radius 2 is 1.75 bits per heavy atom. The molecule has 0 saturated heterocycles. The van der Waals surface area contributed by atoms with Crippen LogP contribution >= 0.6 is 0 Å². The lowest BCUT2D eigenvalue weighted by Crippen LogP contribution is -2.27. The van der Waals surface area contributed by atoms with Crippen LogP contribution in [-0.2, 0) is 17.8 Å². The fourth-order valence-corrected chi connectivity index (χ4v) is 2.95. The third kappa shape index (κ3) is 3.07. The SMILES string of the molecule is Cc1ccccc1CN(C)C(=O)Cc1coc2c(C)c(C)ccc12. The predicted octanol–water partition coefficient (Wildman–Crippen LogP) is 4.56. The number of furan rings is 1. The lowest BCUT2D eigenvalue weighted by Gasteiger charge is -2.18. The van der Waals surface area contributed by atoms with Crippen molar-refractivity contribution in [3.05, 3.63) is 70.5 Å². The van der Waals surface area contributed by atoms with Gasteiger partial charge in [0.15, 0.2) is 0 Å². The molecule has 3 aromatic rings. The number of rotatable bonds is 4. The van der Waals surface area contributed by atoms with Gasteiger partial charge in [-0.15, -0.1) is 0 Å². The molecule has 1 amide bonds. The molecule has 3 nitrogen and oxygen atoms in total. The Morgan fingerprint density at radius 1 is 1.00 bits per heavy atom. The number of hydrogen-bond donors (Lipinski definition) is 0. The summed E-state index contributed by atoms with van der Waals surface area (Å²) in [5, 5.41) is 1.04. The molecular weight excluding hydrogens is 298 g/mol. The standard InChI is InChI=1S/C21H23NO2/c1-14-9-10-19-18(13-24-21(19)16(14)3)11-20(23)22(4)12-17-8-6-5-7-15(17)2/h5-10,13H,11-12H2,1-4H3. The number of nitrogens with zero attached hydrogens (tertiary/aromatic N) is 1. The van der Waals surface area contributed by atoms with Crippen molar-refractivity contribution >= 4 is 16.9 Å². The van der Waals surface area contributed by atoms with Crippen molar-refractivity contribution in [2.24, 2.45) is 0 Å². The van der Waals surface area contributed by atoms with Crippen LogP contribution in [0.15, 0.2) is 47.1 Å². The van der Waals surface area contributed by atoms with Crippen LogP contribution in [0.3, 0.4) is 0 Å². The minimum atomic E-state index is 0.0965. The summed E-state index contributed by atoms with van der Waals surface area (Å²) in [6.45, 7) is 6.82. The van der Waals surface area contributed by atoms with Crippen LogP contribution in [0, 0.1) is 20.8 Å². The average molecular weight is 321 g/mol. The van der Waals surface area contributed by atoms with Crippen LogP contribution in [0.5, 0.6) is 0 Å². The smallest absolute Gasteiger partial charge is 0.227 e. The van der Waals surface area contributed by atoms with Crippen LogP contribution < -0.4 is 0 Å². The first-order valence-electron chi connectivity index (χ1n) is 8.22. The summed E-state index contributed by atoms with van der Waals surface area (Å²) < 4.78 is 5.71. The topological polar surface area (TPSA) is 33.5 Å². The second kappa shape index (κ2) is 6.52. The number of likely N-dealkylation sites (N-methyl/N-ethyl adjacent to an activating group) is 1. The molecule has 0 radical (unpaired) electrons. The molecule has 24 heavy (non-hydrogen) atoms. The summed E-state index contributed by atoms with van der Waals surface area (Å²) in [4.78, 5) is 14.4. The molecule has 0 bridgehead atoms. The van der Waals surface area contributed by atoms with E-state index < -0.39 is 0 Å². The Bertz CT molecular complexity index is 892. The molecule has 2 aromatic carbocycles. The Kier molecular flexibility index (Phi) is 4.43. The Balaban J connectivity index is 1.77. The molecule has 0 aliphatic carbocycles. The molecule has 0 unspecified atom stereocenters. The van der Waals surface area contributed by atoms with Crippen molar-refractivity contribution in [1.82, 2.24) is 4.90 Å². The van der Waals surface area contributed by atoms with Crippen molar-refractivity contribution < 1.29 is 9.21 Å². The van der Waals surface area contributed by atoms with E-state index in [0.717, 1.165) is 22.1 Å². The van der Waals surface area contributed by atoms with Gasteiger partial charge in [0.05, 0.1) is 12.7 Å². The number of benzene rings is 2. The van der Waals surface area contributed by atoms with E-state index in [1.54, 1.807) is 11.2 Å². The molecule has 0 N–H and O–H groups in total. The predicted molar refractivity (Wildman–Crippen MR) is 97.0 cm³/mol. The number of hydrogen-bond acceptors (Lipinski definition) is 2. The van der Waals surface area contributed by atoms with E-state index in [1.165, 1.54) is 16.7 Å². The van der Waals surface area contributed by atoms with Gasteiger partial charge in [0.25, 0.3) is 0 Å². The molecule has 124 valence electrons. The van der Waals surface area contributed by atoms with Gasteiger partial charge in [0, 0.05) is 24.5 Å². The zero-order valence-electron chi connectivity index (χ0n) is 14.7. The number of fused-ring (bicyclic) bond motifs is 1. The summed E-state index contributed by atoms with van der Waals surface area (Å²) in [7, 11) is 1.85. The van der Waals surface area contributed by atoms with Crippen LogP contribution in [0.25, 0.3) is 11.0 Å². The van der Waals surface area contributed by atoms with Crippen LogP contribution in [-0.4, -0.2) is 17.9 Å². The second-order valence-corrected chi connectivity index (χ2v) is 6.50. The van der Waals surface area contributed by atoms with Gasteiger partial charge >= 0.3 is 0 Å². The normalized spacial score (nSPS) is 11.0. The Labute approximate surface area is 142 Å². The van der Waals surface area contributed by atoms with Crippen molar-refractivity contribution in [3.63, 3.8) is 0 Å². The molecule has 1 heterocycles. The third-order valence-electron chi connectivity index (χ3n) is 4.78. The van der Waals surface area contributed by atoms with Crippen LogP contribution in [0.4, 0.5) is 0 Å². The van der Waals surface area contributed by atoms with Crippen molar-refractivity contribution in [2.45, 2.75) is 33.7 Å². The van der Waals surface area contributed by atoms with Gasteiger partial charge in [-0.2, -0.15) is 0 Å². The minimum Gasteiger partial charge on any atom is -0.464 e. The first-order valence-corrected chi connectivity index (χ1v) is 8.22. The van der Waals surface area contributed by atoms with E-state index in [2.05, 4.69) is 39.0 Å². The largest absolute Gasteiger partial charge is 0.464 e. The van der Waals surface area contributed by atoms with Gasteiger partial charge < -0.3 is 9.32 Å². The molecule has 1 aromatic heterocycles. The highest BCUT2D eigenvalue weighted by atomic mass is 16.3. The van der Waals surface area contributed by atoms with Crippen molar-refractivity contribution in [2.75, 3.05) is 7.05 Å². The first-order chi connectivity index (χ1) is 11.5. The minimum absolute atomic E-state index is 0.0965. The monoisotopic (exact) mass is 321 g/mol. The van der Waals surface area contributed by atoms with Gasteiger partial charge in [-0.3, -0.25) is 4.79 Å². The van der Waals surface area contributed by atoms with Crippen LogP contribution in [0.1, 0.15) is 27.8 Å². The third-order valence-corrected chi connectivity index (χ3v) is 4.78. The van der Waals surface area contributed by atoms with E-state index in [0.29, 0.717) is 13.0 Å². The highest BCUT2D eigenvalue weighted by molar-refractivity contribution is 5.89. The molecule has 0 saturated carbocycles.